The van der Waals surface area contributed by atoms with Crippen molar-refractivity contribution < 1.29 is 9.18 Å². The third kappa shape index (κ3) is 4.21. The van der Waals surface area contributed by atoms with Crippen LogP contribution in [0.1, 0.15) is 21.6 Å². The van der Waals surface area contributed by atoms with Crippen LogP contribution in [-0.2, 0) is 0 Å². The highest BCUT2D eigenvalue weighted by molar-refractivity contribution is 5.99. The molecular formula is C28H21FN4O. The molecule has 4 aromatic carbocycles. The normalized spacial score (nSPS) is 11.2. The van der Waals surface area contributed by atoms with E-state index in [0.717, 1.165) is 33.3 Å². The molecule has 5 nitrogen and oxygen atoms in total. The van der Waals surface area contributed by atoms with Crippen LogP contribution in [0.4, 0.5) is 4.39 Å². The average molecular weight is 449 g/mol. The molecule has 0 aliphatic rings. The largest absolute Gasteiger partial charge is 0.291 e. The highest BCUT2D eigenvalue weighted by Gasteiger charge is 2.18. The number of para-hydroxylation sites is 1. The van der Waals surface area contributed by atoms with Crippen molar-refractivity contribution in [3.63, 3.8) is 0 Å². The number of aryl methyl sites for hydroxylation is 1. The van der Waals surface area contributed by atoms with E-state index in [1.807, 2.05) is 55.5 Å². The summed E-state index contributed by atoms with van der Waals surface area (Å²) in [5, 5.41) is 10.8. The van der Waals surface area contributed by atoms with Crippen molar-refractivity contribution in [2.24, 2.45) is 5.10 Å². The third-order valence-corrected chi connectivity index (χ3v) is 5.60. The molecule has 0 spiro atoms. The van der Waals surface area contributed by atoms with E-state index < -0.39 is 5.91 Å². The van der Waals surface area contributed by atoms with Crippen LogP contribution in [0.25, 0.3) is 27.7 Å². The molecule has 0 radical (unpaired) electrons. The van der Waals surface area contributed by atoms with Gasteiger partial charge in [0.05, 0.1) is 17.6 Å². The van der Waals surface area contributed by atoms with Gasteiger partial charge in [-0.3, -0.25) is 4.79 Å². The molecule has 0 fully saturated rings. The molecule has 0 aliphatic carbocycles. The SMILES string of the molecule is Cc1ccccc1-n1nc(C(=O)N/N=C\c2ccc(F)cc2)cc1-c1cccc2ccccc12. The summed E-state index contributed by atoms with van der Waals surface area (Å²) in [6, 6.07) is 29.7. The van der Waals surface area contributed by atoms with Crippen LogP contribution in [0.2, 0.25) is 0 Å². The molecule has 5 rings (SSSR count). The highest BCUT2D eigenvalue weighted by atomic mass is 19.1. The van der Waals surface area contributed by atoms with E-state index in [9.17, 15) is 9.18 Å². The topological polar surface area (TPSA) is 59.3 Å². The van der Waals surface area contributed by atoms with Gasteiger partial charge in [0.15, 0.2) is 5.69 Å². The first-order valence-corrected chi connectivity index (χ1v) is 10.8. The molecule has 34 heavy (non-hydrogen) atoms. The second kappa shape index (κ2) is 9.11. The molecule has 0 unspecified atom stereocenters. The Kier molecular flexibility index (Phi) is 5.70. The van der Waals surface area contributed by atoms with Crippen LogP contribution in [0, 0.1) is 12.7 Å². The van der Waals surface area contributed by atoms with E-state index in [1.54, 1.807) is 22.9 Å². The summed E-state index contributed by atoms with van der Waals surface area (Å²) >= 11 is 0. The van der Waals surface area contributed by atoms with Crippen molar-refractivity contribution in [1.29, 1.82) is 0 Å². The number of nitrogens with zero attached hydrogens (tertiary/aromatic N) is 3. The lowest BCUT2D eigenvalue weighted by atomic mass is 10.0. The summed E-state index contributed by atoms with van der Waals surface area (Å²) in [6.45, 7) is 2.01. The molecule has 1 N–H and O–H groups in total. The van der Waals surface area contributed by atoms with Gasteiger partial charge in [0.25, 0.3) is 5.91 Å². The number of amides is 1. The second-order valence-electron chi connectivity index (χ2n) is 7.89. The molecule has 5 aromatic rings. The maximum Gasteiger partial charge on any atom is 0.291 e. The van der Waals surface area contributed by atoms with E-state index in [1.165, 1.54) is 18.3 Å². The molecule has 1 heterocycles. The van der Waals surface area contributed by atoms with Gasteiger partial charge in [0, 0.05) is 5.56 Å². The summed E-state index contributed by atoms with van der Waals surface area (Å²) < 4.78 is 14.9. The first kappa shape index (κ1) is 21.3. The van der Waals surface area contributed by atoms with Gasteiger partial charge in [-0.05, 0) is 53.1 Å². The van der Waals surface area contributed by atoms with Gasteiger partial charge >= 0.3 is 0 Å². The van der Waals surface area contributed by atoms with Gasteiger partial charge in [-0.2, -0.15) is 10.2 Å². The zero-order valence-corrected chi connectivity index (χ0v) is 18.4. The van der Waals surface area contributed by atoms with Crippen LogP contribution in [-0.4, -0.2) is 21.9 Å². The fraction of sp³-hybridized carbons (Fsp3) is 0.0357. The van der Waals surface area contributed by atoms with Crippen molar-refractivity contribution in [2.45, 2.75) is 6.92 Å². The number of rotatable bonds is 5. The molecular weight excluding hydrogens is 427 g/mol. The smallest absolute Gasteiger partial charge is 0.265 e. The molecule has 0 aliphatic heterocycles. The lowest BCUT2D eigenvalue weighted by molar-refractivity contribution is 0.0949. The van der Waals surface area contributed by atoms with Crippen molar-refractivity contribution in [3.8, 4) is 16.9 Å². The first-order valence-electron chi connectivity index (χ1n) is 10.8. The third-order valence-electron chi connectivity index (χ3n) is 5.60. The number of hydrogen-bond donors (Lipinski definition) is 1. The van der Waals surface area contributed by atoms with Crippen molar-refractivity contribution in [3.05, 3.63) is 120 Å². The fourth-order valence-corrected chi connectivity index (χ4v) is 3.89. The number of hydrazone groups is 1. The molecule has 0 saturated heterocycles. The minimum atomic E-state index is -0.438. The van der Waals surface area contributed by atoms with Gasteiger partial charge < -0.3 is 0 Å². The molecule has 0 bridgehead atoms. The van der Waals surface area contributed by atoms with Gasteiger partial charge in [-0.25, -0.2) is 14.5 Å². The van der Waals surface area contributed by atoms with E-state index in [2.05, 4.69) is 33.8 Å². The summed E-state index contributed by atoms with van der Waals surface area (Å²) in [7, 11) is 0. The Bertz CT molecular complexity index is 1510. The summed E-state index contributed by atoms with van der Waals surface area (Å²) in [6.07, 6.45) is 1.46. The minimum absolute atomic E-state index is 0.238. The lowest BCUT2D eigenvalue weighted by Gasteiger charge is -2.12. The Morgan fingerprint density at radius 1 is 0.941 bits per heavy atom. The van der Waals surface area contributed by atoms with Gasteiger partial charge in [0.2, 0.25) is 0 Å². The summed E-state index contributed by atoms with van der Waals surface area (Å²) in [5.41, 5.74) is 7.13. The average Bonchev–Trinajstić information content (AvgIpc) is 3.30. The lowest BCUT2D eigenvalue weighted by Crippen LogP contribution is -2.18. The molecule has 6 heteroatoms. The number of halogens is 1. The Morgan fingerprint density at radius 2 is 1.68 bits per heavy atom. The monoisotopic (exact) mass is 448 g/mol. The number of fused-ring (bicyclic) bond motifs is 1. The molecule has 0 atom stereocenters. The Labute approximate surface area is 196 Å². The second-order valence-corrected chi connectivity index (χ2v) is 7.89. The number of carbonyl (C=O) groups excluding carboxylic acids is 1. The number of benzene rings is 4. The minimum Gasteiger partial charge on any atom is -0.265 e. The van der Waals surface area contributed by atoms with Crippen LogP contribution in [0.3, 0.4) is 0 Å². The Hall–Kier alpha value is -4.58. The van der Waals surface area contributed by atoms with Crippen molar-refractivity contribution in [1.82, 2.24) is 15.2 Å². The number of carbonyl (C=O) groups is 1. The Balaban J connectivity index is 1.55. The van der Waals surface area contributed by atoms with E-state index in [0.29, 0.717) is 5.56 Å². The molecule has 1 amide bonds. The van der Waals surface area contributed by atoms with Crippen LogP contribution in [0.5, 0.6) is 0 Å². The van der Waals surface area contributed by atoms with Crippen LogP contribution >= 0.6 is 0 Å². The fourth-order valence-electron chi connectivity index (χ4n) is 3.89. The standard InChI is InChI=1S/C28H21FN4O/c1-19-7-2-5-12-26(19)33-27(24-11-6-9-21-8-3-4-10-23(21)24)17-25(32-33)28(34)31-30-18-20-13-15-22(29)16-14-20/h2-18H,1H3,(H,31,34)/b30-18-. The number of hydrogen-bond acceptors (Lipinski definition) is 3. The maximum absolute atomic E-state index is 13.1. The van der Waals surface area contributed by atoms with E-state index in [-0.39, 0.29) is 11.5 Å². The molecule has 0 saturated carbocycles. The van der Waals surface area contributed by atoms with Gasteiger partial charge in [0.1, 0.15) is 5.82 Å². The van der Waals surface area contributed by atoms with Crippen LogP contribution < -0.4 is 5.43 Å². The zero-order valence-electron chi connectivity index (χ0n) is 18.4. The predicted molar refractivity (Wildman–Crippen MR) is 133 cm³/mol. The molecule has 1 aromatic heterocycles. The summed E-state index contributed by atoms with van der Waals surface area (Å²) in [5.74, 6) is -0.768. The predicted octanol–water partition coefficient (Wildman–Crippen LogP) is 5.90. The van der Waals surface area contributed by atoms with Gasteiger partial charge in [-0.1, -0.05) is 72.8 Å². The number of aromatic nitrogens is 2. The maximum atomic E-state index is 13.1. The number of nitrogens with one attached hydrogen (secondary N) is 1. The highest BCUT2D eigenvalue weighted by Crippen LogP contribution is 2.31. The van der Waals surface area contributed by atoms with Crippen molar-refractivity contribution in [2.75, 3.05) is 0 Å². The van der Waals surface area contributed by atoms with Gasteiger partial charge in [-0.15, -0.1) is 0 Å². The van der Waals surface area contributed by atoms with E-state index in [4.69, 9.17) is 0 Å². The quantitative estimate of drug-likeness (QED) is 0.269. The van der Waals surface area contributed by atoms with Crippen LogP contribution in [0.15, 0.2) is 102 Å². The zero-order chi connectivity index (χ0) is 23.5. The Morgan fingerprint density at radius 3 is 2.50 bits per heavy atom. The summed E-state index contributed by atoms with van der Waals surface area (Å²) in [4.78, 5) is 12.9. The van der Waals surface area contributed by atoms with E-state index >= 15 is 0 Å². The van der Waals surface area contributed by atoms with Crippen molar-refractivity contribution >= 4 is 22.9 Å². The first-order chi connectivity index (χ1) is 16.6. The molecule has 166 valence electrons.